The summed E-state index contributed by atoms with van der Waals surface area (Å²) in [4.78, 5) is 30.2. The fraction of sp³-hybridized carbons (Fsp3) is 0.353. The number of pyridine rings is 1. The van der Waals surface area contributed by atoms with Crippen LogP contribution in [0.1, 0.15) is 23.7 Å². The molecule has 0 bridgehead atoms. The highest BCUT2D eigenvalue weighted by molar-refractivity contribution is 6.08. The number of carbonyl (C=O) groups is 2. The molecule has 6 heteroatoms. The molecular weight excluding hydrogens is 296 g/mol. The van der Waals surface area contributed by atoms with Gasteiger partial charge in [0.1, 0.15) is 0 Å². The summed E-state index contributed by atoms with van der Waals surface area (Å²) in [5.74, 6) is -0.692. The number of para-hydroxylation sites is 1. The minimum Gasteiger partial charge on any atom is -0.494 e. The average Bonchev–Trinajstić information content (AvgIpc) is 2.97. The van der Waals surface area contributed by atoms with E-state index in [1.54, 1.807) is 11.8 Å². The Balaban J connectivity index is 2.03. The first-order chi connectivity index (χ1) is 11.0. The molecule has 1 N–H and O–H groups in total. The summed E-state index contributed by atoms with van der Waals surface area (Å²) >= 11 is 0. The second-order valence-electron chi connectivity index (χ2n) is 6.06. The number of hydrogen-bond acceptors (Lipinski definition) is 4. The van der Waals surface area contributed by atoms with Gasteiger partial charge in [0.15, 0.2) is 5.75 Å². The van der Waals surface area contributed by atoms with Crippen molar-refractivity contribution in [2.45, 2.75) is 13.3 Å². The molecule has 2 heterocycles. The summed E-state index contributed by atoms with van der Waals surface area (Å²) in [6.45, 7) is 2.28. The molecule has 1 aliphatic rings. The third-order valence-corrected chi connectivity index (χ3v) is 4.45. The zero-order chi connectivity index (χ0) is 16.6. The molecule has 0 radical (unpaired) electrons. The van der Waals surface area contributed by atoms with Crippen LogP contribution in [0, 0.1) is 5.41 Å². The van der Waals surface area contributed by atoms with Gasteiger partial charge in [0.05, 0.1) is 29.8 Å². The molecule has 0 aliphatic carbocycles. The van der Waals surface area contributed by atoms with Crippen LogP contribution in [0.25, 0.3) is 10.9 Å². The van der Waals surface area contributed by atoms with Gasteiger partial charge in [0.2, 0.25) is 0 Å². The number of carbonyl (C=O) groups excluding carboxylic acids is 1. The topological polar surface area (TPSA) is 79.7 Å². The lowest BCUT2D eigenvalue weighted by atomic mass is 9.90. The van der Waals surface area contributed by atoms with Gasteiger partial charge in [0.25, 0.3) is 5.91 Å². The molecule has 1 saturated heterocycles. The summed E-state index contributed by atoms with van der Waals surface area (Å²) in [5, 5.41) is 10.1. The molecule has 1 amide bonds. The van der Waals surface area contributed by atoms with E-state index in [4.69, 9.17) is 4.74 Å². The van der Waals surface area contributed by atoms with Crippen molar-refractivity contribution in [3.05, 3.63) is 36.0 Å². The number of aromatic nitrogens is 1. The average molecular weight is 314 g/mol. The van der Waals surface area contributed by atoms with Crippen molar-refractivity contribution in [1.82, 2.24) is 9.88 Å². The van der Waals surface area contributed by atoms with Crippen molar-refractivity contribution in [2.24, 2.45) is 5.41 Å². The van der Waals surface area contributed by atoms with Gasteiger partial charge < -0.3 is 14.7 Å². The van der Waals surface area contributed by atoms with Crippen molar-refractivity contribution in [3.63, 3.8) is 0 Å². The fourth-order valence-electron chi connectivity index (χ4n) is 2.97. The molecule has 6 nitrogen and oxygen atoms in total. The highest BCUT2D eigenvalue weighted by atomic mass is 16.5. The molecule has 1 unspecified atom stereocenters. The summed E-state index contributed by atoms with van der Waals surface area (Å²) in [7, 11) is 1.49. The van der Waals surface area contributed by atoms with Gasteiger partial charge in [-0.25, -0.2) is 0 Å². The lowest BCUT2D eigenvalue weighted by Crippen LogP contribution is -2.35. The number of nitrogens with zero attached hydrogens (tertiary/aromatic N) is 2. The van der Waals surface area contributed by atoms with E-state index in [1.807, 2.05) is 24.3 Å². The number of methoxy groups -OCH3 is 1. The molecule has 1 fully saturated rings. The number of fused-ring (bicyclic) bond motifs is 1. The Morgan fingerprint density at radius 3 is 2.74 bits per heavy atom. The van der Waals surface area contributed by atoms with Crippen molar-refractivity contribution in [1.29, 1.82) is 0 Å². The van der Waals surface area contributed by atoms with Crippen LogP contribution in [0.3, 0.4) is 0 Å². The van der Waals surface area contributed by atoms with Gasteiger partial charge in [-0.3, -0.25) is 14.6 Å². The highest BCUT2D eigenvalue weighted by Gasteiger charge is 2.42. The Labute approximate surface area is 133 Å². The van der Waals surface area contributed by atoms with Crippen LogP contribution in [0.15, 0.2) is 30.5 Å². The zero-order valence-electron chi connectivity index (χ0n) is 13.1. The summed E-state index contributed by atoms with van der Waals surface area (Å²) in [6, 6.07) is 7.35. The minimum absolute atomic E-state index is 0.195. The standard InChI is InChI=1S/C17H18N2O4/c1-17(16(21)22)7-8-19(10-17)15(20)14-11-5-3-4-6-12(11)18-9-13(14)23-2/h3-6,9H,7-8,10H2,1-2H3,(H,21,22). The summed E-state index contributed by atoms with van der Waals surface area (Å²) < 4.78 is 5.31. The second-order valence-corrected chi connectivity index (χ2v) is 6.06. The summed E-state index contributed by atoms with van der Waals surface area (Å²) in [6.07, 6.45) is 1.97. The number of aliphatic carboxylic acids is 1. The largest absolute Gasteiger partial charge is 0.494 e. The molecule has 0 spiro atoms. The SMILES string of the molecule is COc1cnc2ccccc2c1C(=O)N1CCC(C)(C(=O)O)C1. The maximum absolute atomic E-state index is 13.0. The Morgan fingerprint density at radius 1 is 1.35 bits per heavy atom. The van der Waals surface area contributed by atoms with Crippen molar-refractivity contribution < 1.29 is 19.4 Å². The van der Waals surface area contributed by atoms with Crippen molar-refractivity contribution >= 4 is 22.8 Å². The Hall–Kier alpha value is -2.63. The lowest BCUT2D eigenvalue weighted by Gasteiger charge is -2.21. The van der Waals surface area contributed by atoms with Gasteiger partial charge in [-0.1, -0.05) is 18.2 Å². The molecule has 0 saturated carbocycles. The molecule has 2 aromatic rings. The van der Waals surface area contributed by atoms with E-state index in [9.17, 15) is 14.7 Å². The van der Waals surface area contributed by atoms with Crippen LogP contribution in [0.4, 0.5) is 0 Å². The Bertz CT molecular complexity index is 789. The molecule has 23 heavy (non-hydrogen) atoms. The number of benzene rings is 1. The van der Waals surface area contributed by atoms with E-state index in [0.717, 1.165) is 0 Å². The quantitative estimate of drug-likeness (QED) is 0.939. The second kappa shape index (κ2) is 5.53. The van der Waals surface area contributed by atoms with Crippen LogP contribution < -0.4 is 4.74 Å². The number of carboxylic acid groups (broad SMARTS) is 1. The predicted molar refractivity (Wildman–Crippen MR) is 84.6 cm³/mol. The smallest absolute Gasteiger partial charge is 0.311 e. The van der Waals surface area contributed by atoms with Crippen molar-refractivity contribution in [2.75, 3.05) is 20.2 Å². The Kier molecular flexibility index (Phi) is 3.67. The van der Waals surface area contributed by atoms with Crippen LogP contribution in [0.2, 0.25) is 0 Å². The van der Waals surface area contributed by atoms with E-state index in [-0.39, 0.29) is 12.5 Å². The van der Waals surface area contributed by atoms with Crippen LogP contribution in [-0.4, -0.2) is 47.1 Å². The number of carboxylic acids is 1. The summed E-state index contributed by atoms with van der Waals surface area (Å²) in [5.41, 5.74) is 0.246. The predicted octanol–water partition coefficient (Wildman–Crippen LogP) is 2.18. The minimum atomic E-state index is -0.897. The molecule has 1 aromatic heterocycles. The van der Waals surface area contributed by atoms with Gasteiger partial charge in [-0.2, -0.15) is 0 Å². The zero-order valence-corrected chi connectivity index (χ0v) is 13.1. The first-order valence-electron chi connectivity index (χ1n) is 7.41. The maximum atomic E-state index is 13.0. The first kappa shape index (κ1) is 15.3. The molecule has 3 rings (SSSR count). The third-order valence-electron chi connectivity index (χ3n) is 4.45. The van der Waals surface area contributed by atoms with E-state index in [1.165, 1.54) is 13.3 Å². The molecule has 1 aliphatic heterocycles. The number of hydrogen-bond donors (Lipinski definition) is 1. The number of likely N-dealkylation sites (tertiary alicyclic amines) is 1. The fourth-order valence-corrected chi connectivity index (χ4v) is 2.97. The van der Waals surface area contributed by atoms with E-state index < -0.39 is 11.4 Å². The normalized spacial score (nSPS) is 20.7. The van der Waals surface area contributed by atoms with Crippen LogP contribution >= 0.6 is 0 Å². The lowest BCUT2D eigenvalue weighted by molar-refractivity contribution is -0.147. The van der Waals surface area contributed by atoms with Crippen LogP contribution in [0.5, 0.6) is 5.75 Å². The first-order valence-corrected chi connectivity index (χ1v) is 7.41. The third kappa shape index (κ3) is 2.50. The maximum Gasteiger partial charge on any atom is 0.311 e. The Morgan fingerprint density at radius 2 is 2.09 bits per heavy atom. The van der Waals surface area contributed by atoms with E-state index >= 15 is 0 Å². The molecule has 1 atom stereocenters. The van der Waals surface area contributed by atoms with Gasteiger partial charge in [-0.15, -0.1) is 0 Å². The van der Waals surface area contributed by atoms with Gasteiger partial charge >= 0.3 is 5.97 Å². The number of amides is 1. The van der Waals surface area contributed by atoms with E-state index in [0.29, 0.717) is 35.2 Å². The van der Waals surface area contributed by atoms with E-state index in [2.05, 4.69) is 4.98 Å². The number of rotatable bonds is 3. The molecule has 120 valence electrons. The highest BCUT2D eigenvalue weighted by Crippen LogP contribution is 2.34. The van der Waals surface area contributed by atoms with Gasteiger partial charge in [-0.05, 0) is 19.4 Å². The molecular formula is C17H18N2O4. The number of ether oxygens (including phenoxy) is 1. The van der Waals surface area contributed by atoms with Gasteiger partial charge in [0, 0.05) is 18.5 Å². The van der Waals surface area contributed by atoms with Crippen molar-refractivity contribution in [3.8, 4) is 5.75 Å². The monoisotopic (exact) mass is 314 g/mol. The van der Waals surface area contributed by atoms with Crippen LogP contribution in [-0.2, 0) is 4.79 Å². The molecule has 1 aromatic carbocycles.